The molecule has 0 heterocycles. The summed E-state index contributed by atoms with van der Waals surface area (Å²) in [6.45, 7) is 3.03. The van der Waals surface area contributed by atoms with Crippen molar-refractivity contribution in [2.45, 2.75) is 19.9 Å². The van der Waals surface area contributed by atoms with Gasteiger partial charge in [-0.3, -0.25) is 4.79 Å². The molecule has 2 rings (SSSR count). The van der Waals surface area contributed by atoms with E-state index in [0.29, 0.717) is 13.2 Å². The quantitative estimate of drug-likeness (QED) is 0.886. The van der Waals surface area contributed by atoms with Crippen molar-refractivity contribution in [3.8, 4) is 5.75 Å². The third-order valence-corrected chi connectivity index (χ3v) is 3.00. The molecule has 3 nitrogen and oxygen atoms in total. The molecule has 0 saturated carbocycles. The molecule has 0 saturated heterocycles. The lowest BCUT2D eigenvalue weighted by molar-refractivity contribution is -0.120. The normalized spacial score (nSPS) is 10.2. The van der Waals surface area contributed by atoms with E-state index in [1.807, 2.05) is 31.2 Å². The molecule has 2 aromatic carbocycles. The lowest BCUT2D eigenvalue weighted by Gasteiger charge is -2.07. The summed E-state index contributed by atoms with van der Waals surface area (Å²) < 4.78 is 18.1. The van der Waals surface area contributed by atoms with Crippen LogP contribution in [0.25, 0.3) is 0 Å². The highest BCUT2D eigenvalue weighted by Gasteiger charge is 2.04. The summed E-state index contributed by atoms with van der Waals surface area (Å²) in [6.07, 6.45) is 0.247. The van der Waals surface area contributed by atoms with E-state index in [-0.39, 0.29) is 18.1 Å². The maximum Gasteiger partial charge on any atom is 0.224 e. The first-order chi connectivity index (χ1) is 10.2. The van der Waals surface area contributed by atoms with Gasteiger partial charge in [-0.15, -0.1) is 0 Å². The lowest BCUT2D eigenvalue weighted by Crippen LogP contribution is -2.24. The van der Waals surface area contributed by atoms with E-state index in [4.69, 9.17) is 4.74 Å². The number of rotatable bonds is 6. The van der Waals surface area contributed by atoms with Crippen LogP contribution in [0, 0.1) is 5.82 Å². The third kappa shape index (κ3) is 4.91. The molecule has 0 unspecified atom stereocenters. The lowest BCUT2D eigenvalue weighted by atomic mass is 10.1. The number of ether oxygens (including phenoxy) is 1. The summed E-state index contributed by atoms with van der Waals surface area (Å²) in [5.74, 6) is 0.433. The molecule has 0 aromatic heterocycles. The van der Waals surface area contributed by atoms with Crippen LogP contribution in [0.3, 0.4) is 0 Å². The molecule has 0 spiro atoms. The van der Waals surface area contributed by atoms with Gasteiger partial charge in [0, 0.05) is 6.54 Å². The van der Waals surface area contributed by atoms with E-state index in [1.54, 1.807) is 12.1 Å². The Kier molecular flexibility index (Phi) is 5.32. The smallest absolute Gasteiger partial charge is 0.224 e. The van der Waals surface area contributed by atoms with Crippen molar-refractivity contribution in [2.24, 2.45) is 0 Å². The average molecular weight is 287 g/mol. The molecule has 0 fully saturated rings. The molecule has 0 aliphatic rings. The minimum absolute atomic E-state index is 0.0875. The van der Waals surface area contributed by atoms with Crippen LogP contribution in [-0.2, 0) is 17.8 Å². The van der Waals surface area contributed by atoms with Crippen molar-refractivity contribution in [1.82, 2.24) is 5.32 Å². The number of amides is 1. The van der Waals surface area contributed by atoms with Crippen molar-refractivity contribution in [1.29, 1.82) is 0 Å². The van der Waals surface area contributed by atoms with Crippen LogP contribution >= 0.6 is 0 Å². The summed E-state index contributed by atoms with van der Waals surface area (Å²) in [7, 11) is 0. The predicted molar refractivity (Wildman–Crippen MR) is 79.6 cm³/mol. The van der Waals surface area contributed by atoms with Gasteiger partial charge in [0.2, 0.25) is 5.91 Å². The number of carbonyl (C=O) groups excluding carboxylic acids is 1. The highest BCUT2D eigenvalue weighted by molar-refractivity contribution is 5.78. The Morgan fingerprint density at radius 1 is 1.05 bits per heavy atom. The Labute approximate surface area is 123 Å². The first-order valence-corrected chi connectivity index (χ1v) is 6.90. The SMILES string of the molecule is CCOc1ccc(CNC(=O)Cc2ccc(F)cc2)cc1. The van der Waals surface area contributed by atoms with Crippen LogP contribution in [0.4, 0.5) is 4.39 Å². The molecular weight excluding hydrogens is 269 g/mol. The van der Waals surface area contributed by atoms with E-state index in [0.717, 1.165) is 16.9 Å². The van der Waals surface area contributed by atoms with Crippen LogP contribution < -0.4 is 10.1 Å². The number of hydrogen-bond acceptors (Lipinski definition) is 2. The van der Waals surface area contributed by atoms with Crippen LogP contribution in [0.15, 0.2) is 48.5 Å². The fraction of sp³-hybridized carbons (Fsp3) is 0.235. The van der Waals surface area contributed by atoms with Gasteiger partial charge in [0.15, 0.2) is 0 Å². The minimum Gasteiger partial charge on any atom is -0.494 e. The summed E-state index contributed by atoms with van der Waals surface area (Å²) in [5.41, 5.74) is 1.80. The zero-order valence-corrected chi connectivity index (χ0v) is 11.9. The monoisotopic (exact) mass is 287 g/mol. The summed E-state index contributed by atoms with van der Waals surface area (Å²) in [6, 6.07) is 13.5. The van der Waals surface area contributed by atoms with E-state index >= 15 is 0 Å². The Balaban J connectivity index is 1.81. The Bertz CT molecular complexity index is 579. The van der Waals surface area contributed by atoms with E-state index in [2.05, 4.69) is 5.32 Å². The number of nitrogens with one attached hydrogen (secondary N) is 1. The number of carbonyl (C=O) groups is 1. The van der Waals surface area contributed by atoms with Crippen LogP contribution in [0.2, 0.25) is 0 Å². The van der Waals surface area contributed by atoms with E-state index in [9.17, 15) is 9.18 Å². The zero-order valence-electron chi connectivity index (χ0n) is 11.9. The van der Waals surface area contributed by atoms with Crippen LogP contribution in [0.1, 0.15) is 18.1 Å². The molecule has 0 aliphatic carbocycles. The molecule has 1 N–H and O–H groups in total. The first kappa shape index (κ1) is 15.0. The van der Waals surface area contributed by atoms with Gasteiger partial charge >= 0.3 is 0 Å². The molecule has 0 radical (unpaired) electrons. The molecule has 0 atom stereocenters. The summed E-state index contributed by atoms with van der Waals surface area (Å²) >= 11 is 0. The topological polar surface area (TPSA) is 38.3 Å². The molecule has 1 amide bonds. The second-order valence-corrected chi connectivity index (χ2v) is 4.66. The molecule has 21 heavy (non-hydrogen) atoms. The Morgan fingerprint density at radius 3 is 2.29 bits per heavy atom. The van der Waals surface area contributed by atoms with Crippen molar-refractivity contribution in [3.05, 3.63) is 65.5 Å². The number of halogens is 1. The first-order valence-electron chi connectivity index (χ1n) is 6.90. The molecule has 0 bridgehead atoms. The number of benzene rings is 2. The fourth-order valence-electron chi connectivity index (χ4n) is 1.92. The Hall–Kier alpha value is -2.36. The molecule has 4 heteroatoms. The molecule has 0 aliphatic heterocycles. The van der Waals surface area contributed by atoms with Gasteiger partial charge < -0.3 is 10.1 Å². The van der Waals surface area contributed by atoms with Crippen molar-refractivity contribution in [3.63, 3.8) is 0 Å². The highest BCUT2D eigenvalue weighted by atomic mass is 19.1. The van der Waals surface area contributed by atoms with Crippen LogP contribution in [-0.4, -0.2) is 12.5 Å². The van der Waals surface area contributed by atoms with Gasteiger partial charge in [-0.25, -0.2) is 4.39 Å². The minimum atomic E-state index is -0.298. The summed E-state index contributed by atoms with van der Waals surface area (Å²) in [5, 5.41) is 2.84. The van der Waals surface area contributed by atoms with Gasteiger partial charge in [-0.05, 0) is 42.3 Å². The maximum atomic E-state index is 12.8. The maximum absolute atomic E-state index is 12.8. The highest BCUT2D eigenvalue weighted by Crippen LogP contribution is 2.12. The Morgan fingerprint density at radius 2 is 1.67 bits per heavy atom. The predicted octanol–water partition coefficient (Wildman–Crippen LogP) is 3.08. The van der Waals surface area contributed by atoms with Gasteiger partial charge in [0.1, 0.15) is 11.6 Å². The van der Waals surface area contributed by atoms with Gasteiger partial charge in [0.25, 0.3) is 0 Å². The average Bonchev–Trinajstić information content (AvgIpc) is 2.49. The van der Waals surface area contributed by atoms with E-state index < -0.39 is 0 Å². The molecular formula is C17H18FNO2. The van der Waals surface area contributed by atoms with Crippen molar-refractivity contribution >= 4 is 5.91 Å². The number of hydrogen-bond donors (Lipinski definition) is 1. The van der Waals surface area contributed by atoms with Crippen molar-refractivity contribution in [2.75, 3.05) is 6.61 Å². The summed E-state index contributed by atoms with van der Waals surface area (Å²) in [4.78, 5) is 11.8. The van der Waals surface area contributed by atoms with Gasteiger partial charge in [-0.2, -0.15) is 0 Å². The van der Waals surface area contributed by atoms with Gasteiger partial charge in [-0.1, -0.05) is 24.3 Å². The molecule has 2 aromatic rings. The van der Waals surface area contributed by atoms with Gasteiger partial charge in [0.05, 0.1) is 13.0 Å². The standard InChI is InChI=1S/C17H18FNO2/c1-2-21-16-9-5-14(6-10-16)12-19-17(20)11-13-3-7-15(18)8-4-13/h3-10H,2,11-12H2,1H3,(H,19,20). The molecule has 110 valence electrons. The van der Waals surface area contributed by atoms with E-state index in [1.165, 1.54) is 12.1 Å². The second kappa shape index (κ2) is 7.43. The zero-order chi connectivity index (χ0) is 15.1. The van der Waals surface area contributed by atoms with Crippen LogP contribution in [0.5, 0.6) is 5.75 Å². The van der Waals surface area contributed by atoms with Crippen molar-refractivity contribution < 1.29 is 13.9 Å². The largest absolute Gasteiger partial charge is 0.494 e. The fourth-order valence-corrected chi connectivity index (χ4v) is 1.92. The third-order valence-electron chi connectivity index (χ3n) is 3.00. The second-order valence-electron chi connectivity index (χ2n) is 4.66.